The van der Waals surface area contributed by atoms with Gasteiger partial charge in [-0.25, -0.2) is 0 Å². The largest absolute Gasteiger partial charge is 0.490 e. The van der Waals surface area contributed by atoms with Gasteiger partial charge in [0.15, 0.2) is 0 Å². The lowest BCUT2D eigenvalue weighted by atomic mass is 9.72. The number of benzene rings is 1. The van der Waals surface area contributed by atoms with E-state index in [-0.39, 0.29) is 12.5 Å². The molecular weight excluding hydrogens is 362 g/mol. The molecule has 0 radical (unpaired) electrons. The Morgan fingerprint density at radius 1 is 1.14 bits per heavy atom. The van der Waals surface area contributed by atoms with Crippen molar-refractivity contribution in [3.8, 4) is 5.75 Å². The van der Waals surface area contributed by atoms with Gasteiger partial charge in [-0.15, -0.1) is 0 Å². The summed E-state index contributed by atoms with van der Waals surface area (Å²) in [6.07, 6.45) is 10.3. The van der Waals surface area contributed by atoms with Crippen molar-refractivity contribution in [3.05, 3.63) is 35.9 Å². The lowest BCUT2D eigenvalue weighted by molar-refractivity contribution is -0.137. The maximum atomic E-state index is 10.7. The van der Waals surface area contributed by atoms with Crippen LogP contribution >= 0.6 is 0 Å². The van der Waals surface area contributed by atoms with Crippen molar-refractivity contribution in [2.45, 2.75) is 84.3 Å². The Morgan fingerprint density at radius 3 is 2.45 bits per heavy atom. The Hall–Kier alpha value is -1.81. The van der Waals surface area contributed by atoms with E-state index in [2.05, 4.69) is 56.4 Å². The van der Waals surface area contributed by atoms with Crippen LogP contribution in [0.15, 0.2) is 30.3 Å². The van der Waals surface area contributed by atoms with Crippen LogP contribution in [-0.2, 0) is 4.79 Å². The molecule has 1 saturated carbocycles. The Bertz CT molecular complexity index is 694. The summed E-state index contributed by atoms with van der Waals surface area (Å²) in [5.74, 6) is 1.06. The highest BCUT2D eigenvalue weighted by atomic mass is 16.5. The van der Waals surface area contributed by atoms with E-state index in [4.69, 9.17) is 9.84 Å². The summed E-state index contributed by atoms with van der Waals surface area (Å²) < 4.78 is 6.27. The normalized spacial score (nSPS) is 25.3. The van der Waals surface area contributed by atoms with E-state index in [1.54, 1.807) is 0 Å². The molecule has 1 aliphatic carbocycles. The first kappa shape index (κ1) is 21.9. The fraction of sp³-hybridized carbons (Fsp3) is 0.640. The van der Waals surface area contributed by atoms with Crippen molar-refractivity contribution < 1.29 is 14.6 Å². The standard InChI is InChI=1S/C25H37NO3/c1-25(2,3)20-9-13-23(14-10-20)29-22-11-7-18(8-12-22)19-15-16-26-21(17-19)5-4-6-24(27)28/h7-8,11-12,17,20-21,23,26H,4-6,9-10,13-16H2,1-3H3,(H,27,28)/t20-,21?,23-. The number of hydrogen-bond donors (Lipinski definition) is 2. The van der Waals surface area contributed by atoms with E-state index >= 15 is 0 Å². The number of carbonyl (C=O) groups is 1. The zero-order valence-corrected chi connectivity index (χ0v) is 18.2. The van der Waals surface area contributed by atoms with E-state index in [0.29, 0.717) is 17.9 Å². The van der Waals surface area contributed by atoms with Gasteiger partial charge in [0, 0.05) is 12.5 Å². The highest BCUT2D eigenvalue weighted by Gasteiger charge is 2.30. The average Bonchev–Trinajstić information content (AvgIpc) is 2.68. The van der Waals surface area contributed by atoms with Crippen molar-refractivity contribution in [1.29, 1.82) is 0 Å². The molecule has 1 unspecified atom stereocenters. The summed E-state index contributed by atoms with van der Waals surface area (Å²) in [5.41, 5.74) is 3.00. The molecule has 3 rings (SSSR count). The molecule has 1 atom stereocenters. The first-order valence-corrected chi connectivity index (χ1v) is 11.2. The van der Waals surface area contributed by atoms with E-state index < -0.39 is 5.97 Å². The van der Waals surface area contributed by atoms with Gasteiger partial charge >= 0.3 is 5.97 Å². The number of aliphatic carboxylic acids is 1. The Labute approximate surface area is 175 Å². The molecule has 1 aromatic carbocycles. The van der Waals surface area contributed by atoms with Crippen molar-refractivity contribution >= 4 is 11.5 Å². The van der Waals surface area contributed by atoms with Crippen LogP contribution in [0.25, 0.3) is 5.57 Å². The molecule has 1 fully saturated rings. The van der Waals surface area contributed by atoms with Gasteiger partial charge in [-0.3, -0.25) is 4.79 Å². The molecule has 4 heteroatoms. The Balaban J connectivity index is 1.52. The average molecular weight is 400 g/mol. The third kappa shape index (κ3) is 6.60. The minimum atomic E-state index is -0.715. The van der Waals surface area contributed by atoms with Crippen LogP contribution in [0.2, 0.25) is 0 Å². The molecule has 2 aliphatic rings. The van der Waals surface area contributed by atoms with E-state index in [9.17, 15) is 4.79 Å². The second-order valence-corrected chi connectivity index (χ2v) is 9.77. The summed E-state index contributed by atoms with van der Waals surface area (Å²) >= 11 is 0. The maximum Gasteiger partial charge on any atom is 0.303 e. The van der Waals surface area contributed by atoms with Gasteiger partial charge in [0.2, 0.25) is 0 Å². The zero-order chi connectivity index (χ0) is 20.9. The highest BCUT2D eigenvalue weighted by Crippen LogP contribution is 2.38. The molecule has 0 amide bonds. The molecule has 1 aliphatic heterocycles. The third-order valence-electron chi connectivity index (χ3n) is 6.54. The van der Waals surface area contributed by atoms with Gasteiger partial charge in [-0.1, -0.05) is 39.0 Å². The topological polar surface area (TPSA) is 58.6 Å². The third-order valence-corrected chi connectivity index (χ3v) is 6.54. The predicted molar refractivity (Wildman–Crippen MR) is 118 cm³/mol. The second kappa shape index (κ2) is 9.80. The van der Waals surface area contributed by atoms with Gasteiger partial charge in [0.1, 0.15) is 5.75 Å². The van der Waals surface area contributed by atoms with Gasteiger partial charge in [0.25, 0.3) is 0 Å². The van der Waals surface area contributed by atoms with Crippen LogP contribution in [0.5, 0.6) is 5.75 Å². The minimum Gasteiger partial charge on any atom is -0.490 e. The molecular formula is C25H37NO3. The van der Waals surface area contributed by atoms with Crippen LogP contribution < -0.4 is 10.1 Å². The summed E-state index contributed by atoms with van der Waals surface area (Å²) in [5, 5.41) is 12.3. The first-order chi connectivity index (χ1) is 13.8. The van der Waals surface area contributed by atoms with Crippen LogP contribution in [0.1, 0.15) is 77.7 Å². The van der Waals surface area contributed by atoms with Crippen LogP contribution in [0.3, 0.4) is 0 Å². The Morgan fingerprint density at radius 2 is 1.83 bits per heavy atom. The number of ether oxygens (including phenoxy) is 1. The summed E-state index contributed by atoms with van der Waals surface area (Å²) in [4.78, 5) is 10.7. The molecule has 2 N–H and O–H groups in total. The van der Waals surface area contributed by atoms with E-state index in [1.165, 1.54) is 24.0 Å². The van der Waals surface area contributed by atoms with Crippen molar-refractivity contribution in [2.75, 3.05) is 6.54 Å². The monoisotopic (exact) mass is 399 g/mol. The lowest BCUT2D eigenvalue weighted by Gasteiger charge is -2.37. The fourth-order valence-electron chi connectivity index (χ4n) is 4.66. The summed E-state index contributed by atoms with van der Waals surface area (Å²) in [6, 6.07) is 8.82. The maximum absolute atomic E-state index is 10.7. The molecule has 1 heterocycles. The van der Waals surface area contributed by atoms with Crippen LogP contribution in [0.4, 0.5) is 0 Å². The van der Waals surface area contributed by atoms with Gasteiger partial charge < -0.3 is 15.2 Å². The molecule has 0 saturated heterocycles. The van der Waals surface area contributed by atoms with E-state index in [0.717, 1.165) is 43.9 Å². The van der Waals surface area contributed by atoms with Crippen molar-refractivity contribution in [1.82, 2.24) is 5.32 Å². The fourth-order valence-corrected chi connectivity index (χ4v) is 4.66. The van der Waals surface area contributed by atoms with Crippen LogP contribution in [-0.4, -0.2) is 29.8 Å². The minimum absolute atomic E-state index is 0.241. The molecule has 1 aromatic rings. The first-order valence-electron chi connectivity index (χ1n) is 11.2. The number of rotatable bonds is 7. The molecule has 4 nitrogen and oxygen atoms in total. The second-order valence-electron chi connectivity index (χ2n) is 9.77. The molecule has 0 spiro atoms. The molecule has 0 bridgehead atoms. The quantitative estimate of drug-likeness (QED) is 0.620. The highest BCUT2D eigenvalue weighted by molar-refractivity contribution is 5.68. The number of carboxylic acids is 1. The van der Waals surface area contributed by atoms with E-state index in [1.807, 2.05) is 0 Å². The van der Waals surface area contributed by atoms with Crippen LogP contribution in [0, 0.1) is 11.3 Å². The molecule has 29 heavy (non-hydrogen) atoms. The van der Waals surface area contributed by atoms with Gasteiger partial charge in [0.05, 0.1) is 6.10 Å². The number of nitrogens with one attached hydrogen (secondary N) is 1. The summed E-state index contributed by atoms with van der Waals surface area (Å²) in [7, 11) is 0. The summed E-state index contributed by atoms with van der Waals surface area (Å²) in [6.45, 7) is 8.00. The predicted octanol–water partition coefficient (Wildman–Crippen LogP) is 5.67. The zero-order valence-electron chi connectivity index (χ0n) is 18.2. The SMILES string of the molecule is CC(C)(C)[C@H]1CC[C@H](Oc2ccc(C3=CC(CCCC(=O)O)NCC3)cc2)CC1. The lowest BCUT2D eigenvalue weighted by Crippen LogP contribution is -2.32. The van der Waals surface area contributed by atoms with Gasteiger partial charge in [-0.2, -0.15) is 0 Å². The van der Waals surface area contributed by atoms with Crippen molar-refractivity contribution in [2.24, 2.45) is 11.3 Å². The van der Waals surface area contributed by atoms with Gasteiger partial charge in [-0.05, 0) is 86.1 Å². The molecule has 0 aromatic heterocycles. The number of carboxylic acid groups (broad SMARTS) is 1. The smallest absolute Gasteiger partial charge is 0.303 e. The number of hydrogen-bond acceptors (Lipinski definition) is 3. The van der Waals surface area contributed by atoms with Crippen molar-refractivity contribution in [3.63, 3.8) is 0 Å². The Kier molecular flexibility index (Phi) is 7.39. The molecule has 160 valence electrons.